The first-order valence-electron chi connectivity index (χ1n) is 13.3. The number of furan rings is 1. The van der Waals surface area contributed by atoms with E-state index in [0.717, 1.165) is 11.3 Å². The summed E-state index contributed by atoms with van der Waals surface area (Å²) in [5.74, 6) is 0.165. The zero-order chi connectivity index (χ0) is 30.8. The molecule has 2 aromatic carbocycles. The molecule has 2 aromatic heterocycles. The number of hydrogen-bond acceptors (Lipinski definition) is 9. The first kappa shape index (κ1) is 30.1. The maximum absolute atomic E-state index is 14.0. The molecule has 222 valence electrons. The van der Waals surface area contributed by atoms with Crippen LogP contribution < -0.4 is 24.4 Å². The van der Waals surface area contributed by atoms with Crippen molar-refractivity contribution in [2.45, 2.75) is 26.8 Å². The molecule has 0 saturated carbocycles. The van der Waals surface area contributed by atoms with E-state index in [1.165, 1.54) is 23.8 Å². The molecular formula is C31H27BrN2O8S. The van der Waals surface area contributed by atoms with E-state index in [-0.39, 0.29) is 23.3 Å². The highest BCUT2D eigenvalue weighted by atomic mass is 79.9. The monoisotopic (exact) mass is 666 g/mol. The Hall–Kier alpha value is -4.42. The second kappa shape index (κ2) is 12.4. The first-order valence-corrected chi connectivity index (χ1v) is 14.9. The summed E-state index contributed by atoms with van der Waals surface area (Å²) in [5, 5.41) is 9.33. The number of methoxy groups -OCH3 is 1. The van der Waals surface area contributed by atoms with Crippen molar-refractivity contribution in [2.75, 3.05) is 20.3 Å². The summed E-state index contributed by atoms with van der Waals surface area (Å²) in [6, 6.07) is 12.4. The minimum absolute atomic E-state index is 0.133. The van der Waals surface area contributed by atoms with Gasteiger partial charge < -0.3 is 23.7 Å². The van der Waals surface area contributed by atoms with Gasteiger partial charge in [0.25, 0.3) is 5.56 Å². The number of benzene rings is 2. The Morgan fingerprint density at radius 2 is 1.93 bits per heavy atom. The van der Waals surface area contributed by atoms with Crippen LogP contribution in [0.15, 0.2) is 78.5 Å². The summed E-state index contributed by atoms with van der Waals surface area (Å²) >= 11 is 4.77. The highest BCUT2D eigenvalue weighted by Gasteiger charge is 2.35. The smallest absolute Gasteiger partial charge is 0.338 e. The molecule has 0 amide bonds. The number of rotatable bonds is 9. The third-order valence-corrected chi connectivity index (χ3v) is 8.36. The Morgan fingerprint density at radius 1 is 1.14 bits per heavy atom. The van der Waals surface area contributed by atoms with Gasteiger partial charge in [0.15, 0.2) is 16.3 Å². The lowest BCUT2D eigenvalue weighted by Crippen LogP contribution is -2.40. The molecule has 4 aromatic rings. The van der Waals surface area contributed by atoms with Crippen LogP contribution in [-0.4, -0.2) is 41.9 Å². The molecule has 1 aliphatic heterocycles. The van der Waals surface area contributed by atoms with Crippen molar-refractivity contribution in [3.05, 3.63) is 101 Å². The largest absolute Gasteiger partial charge is 0.493 e. The van der Waals surface area contributed by atoms with Crippen molar-refractivity contribution in [3.8, 4) is 22.8 Å². The number of ether oxygens (including phenoxy) is 3. The number of hydrogen-bond donors (Lipinski definition) is 1. The molecule has 1 atom stereocenters. The Balaban J connectivity index is 1.66. The predicted molar refractivity (Wildman–Crippen MR) is 163 cm³/mol. The summed E-state index contributed by atoms with van der Waals surface area (Å²) < 4.78 is 25.0. The number of thiazole rings is 1. The summed E-state index contributed by atoms with van der Waals surface area (Å²) in [6.07, 6.45) is 1.60. The highest BCUT2D eigenvalue weighted by molar-refractivity contribution is 9.10. The van der Waals surface area contributed by atoms with Crippen LogP contribution in [0.3, 0.4) is 0 Å². The number of fused-ring (bicyclic) bond motifs is 1. The fraction of sp³-hybridized carbons (Fsp3) is 0.226. The molecule has 0 fully saturated rings. The fourth-order valence-electron chi connectivity index (χ4n) is 4.79. The molecule has 0 spiro atoms. The number of nitrogens with zero attached hydrogens (tertiary/aromatic N) is 2. The molecule has 0 aliphatic carbocycles. The van der Waals surface area contributed by atoms with E-state index in [1.54, 1.807) is 56.3 Å². The van der Waals surface area contributed by atoms with E-state index in [0.29, 0.717) is 60.3 Å². The molecule has 0 radical (unpaired) electrons. The van der Waals surface area contributed by atoms with Crippen LogP contribution in [0.1, 0.15) is 48.5 Å². The fourth-order valence-corrected chi connectivity index (χ4v) is 6.36. The van der Waals surface area contributed by atoms with Gasteiger partial charge in [-0.15, -0.1) is 0 Å². The number of halogens is 1. The summed E-state index contributed by atoms with van der Waals surface area (Å²) in [5.41, 5.74) is 1.58. The summed E-state index contributed by atoms with van der Waals surface area (Å²) in [7, 11) is 1.52. The molecule has 3 heterocycles. The lowest BCUT2D eigenvalue weighted by atomic mass is 9.95. The van der Waals surface area contributed by atoms with Gasteiger partial charge in [0.05, 0.1) is 47.7 Å². The van der Waals surface area contributed by atoms with Gasteiger partial charge in [-0.2, -0.15) is 0 Å². The number of allylic oxidation sites excluding steroid dienone is 1. The molecule has 10 nitrogen and oxygen atoms in total. The van der Waals surface area contributed by atoms with Crippen molar-refractivity contribution >= 4 is 45.3 Å². The van der Waals surface area contributed by atoms with Crippen LogP contribution in [-0.2, 0) is 9.53 Å². The van der Waals surface area contributed by atoms with E-state index in [9.17, 15) is 19.5 Å². The Labute approximate surface area is 258 Å². The molecule has 5 rings (SSSR count). The maximum atomic E-state index is 14.0. The molecule has 12 heteroatoms. The topological polar surface area (TPSA) is 130 Å². The van der Waals surface area contributed by atoms with Gasteiger partial charge in [0, 0.05) is 16.1 Å². The molecule has 43 heavy (non-hydrogen) atoms. The SMILES string of the molecule is CCOC(=O)C1=C(C)N=c2s/c(=C/c3ccc(-c4cccc(C(=O)O)c4)o3)c(=O)n2[C@@H]1c1cc(OC)c(OCC)cc1Br. The number of carboxylic acid groups (broad SMARTS) is 1. The van der Waals surface area contributed by atoms with Crippen molar-refractivity contribution in [3.63, 3.8) is 0 Å². The second-order valence-electron chi connectivity index (χ2n) is 9.35. The minimum atomic E-state index is -1.04. The molecule has 0 saturated heterocycles. The Kier molecular flexibility index (Phi) is 8.69. The average Bonchev–Trinajstić information content (AvgIpc) is 3.57. The second-order valence-corrected chi connectivity index (χ2v) is 11.2. The highest BCUT2D eigenvalue weighted by Crippen LogP contribution is 2.41. The third-order valence-electron chi connectivity index (χ3n) is 6.69. The zero-order valence-corrected chi connectivity index (χ0v) is 26.1. The van der Waals surface area contributed by atoms with Gasteiger partial charge in [0.1, 0.15) is 11.5 Å². The van der Waals surface area contributed by atoms with Gasteiger partial charge in [-0.3, -0.25) is 9.36 Å². The van der Waals surface area contributed by atoms with Gasteiger partial charge in [-0.05, 0) is 62.7 Å². The number of carbonyl (C=O) groups is 2. The quantitative estimate of drug-likeness (QED) is 0.249. The molecule has 0 bridgehead atoms. The summed E-state index contributed by atoms with van der Waals surface area (Å²) in [4.78, 5) is 43.7. The van der Waals surface area contributed by atoms with E-state index in [4.69, 9.17) is 18.6 Å². The lowest BCUT2D eigenvalue weighted by Gasteiger charge is -2.26. The normalized spacial score (nSPS) is 14.7. The maximum Gasteiger partial charge on any atom is 0.338 e. The number of esters is 1. The van der Waals surface area contributed by atoms with Crippen LogP contribution >= 0.6 is 27.3 Å². The number of aromatic nitrogens is 1. The van der Waals surface area contributed by atoms with Crippen molar-refractivity contribution in [1.29, 1.82) is 0 Å². The molecular weight excluding hydrogens is 640 g/mol. The van der Waals surface area contributed by atoms with Crippen LogP contribution in [0, 0.1) is 0 Å². The molecule has 1 aliphatic rings. The standard InChI is InChI=1S/C31H27BrN2O8S/c1-5-40-24-15-21(32)20(14-23(24)39-4)27-26(30(38)41-6-2)16(3)33-31-34(27)28(35)25(43-31)13-19-10-11-22(42-19)17-8-7-9-18(12-17)29(36)37/h7-15,27H,5-6H2,1-4H3,(H,36,37)/b25-13+/t27-/m1/s1. The van der Waals surface area contributed by atoms with E-state index in [1.807, 2.05) is 6.92 Å². The van der Waals surface area contributed by atoms with Crippen LogP contribution in [0.5, 0.6) is 11.5 Å². The van der Waals surface area contributed by atoms with Gasteiger partial charge in [-0.1, -0.05) is 39.4 Å². The van der Waals surface area contributed by atoms with E-state index < -0.39 is 18.0 Å². The van der Waals surface area contributed by atoms with Crippen molar-refractivity contribution in [1.82, 2.24) is 4.57 Å². The van der Waals surface area contributed by atoms with Crippen LogP contribution in [0.4, 0.5) is 0 Å². The number of aromatic carboxylic acids is 1. The Morgan fingerprint density at radius 3 is 2.63 bits per heavy atom. The summed E-state index contributed by atoms with van der Waals surface area (Å²) in [6.45, 7) is 5.85. The molecule has 0 unspecified atom stereocenters. The third kappa shape index (κ3) is 5.80. The first-order chi connectivity index (χ1) is 20.7. The van der Waals surface area contributed by atoms with Gasteiger partial charge in [-0.25, -0.2) is 14.6 Å². The van der Waals surface area contributed by atoms with E-state index in [2.05, 4.69) is 20.9 Å². The van der Waals surface area contributed by atoms with Gasteiger partial charge in [0.2, 0.25) is 0 Å². The number of carboxylic acids is 1. The van der Waals surface area contributed by atoms with Gasteiger partial charge >= 0.3 is 11.9 Å². The molecule has 1 N–H and O–H groups in total. The zero-order valence-electron chi connectivity index (χ0n) is 23.7. The van der Waals surface area contributed by atoms with Crippen LogP contribution in [0.25, 0.3) is 17.4 Å². The van der Waals surface area contributed by atoms with Crippen molar-refractivity contribution in [2.24, 2.45) is 4.99 Å². The van der Waals surface area contributed by atoms with E-state index >= 15 is 0 Å². The van der Waals surface area contributed by atoms with Crippen molar-refractivity contribution < 1.29 is 33.3 Å². The predicted octanol–water partition coefficient (Wildman–Crippen LogP) is 4.93. The minimum Gasteiger partial charge on any atom is -0.493 e. The lowest BCUT2D eigenvalue weighted by molar-refractivity contribution is -0.139. The average molecular weight is 668 g/mol. The van der Waals surface area contributed by atoms with Crippen LogP contribution in [0.2, 0.25) is 0 Å². The Bertz CT molecular complexity index is 1950. The number of carbonyl (C=O) groups excluding carboxylic acids is 1.